The molecular formula is C37H21NS2. The topological polar surface area (TPSA) is 12.9 Å². The van der Waals surface area contributed by atoms with E-state index in [1.165, 1.54) is 78.8 Å². The normalized spacial score (nSPS) is 12.0. The second-order valence-electron chi connectivity index (χ2n) is 10.4. The number of pyridine rings is 1. The highest BCUT2D eigenvalue weighted by molar-refractivity contribution is 7.44. The SMILES string of the molecule is c1cc(-c2ccc3c4ccccc4c4ccccc4c3c2)cc(-c2ccc3sc4sc5cccnc5c4c3c2)c1. The summed E-state index contributed by atoms with van der Waals surface area (Å²) in [4.78, 5) is 4.73. The minimum Gasteiger partial charge on any atom is -0.255 e. The van der Waals surface area contributed by atoms with Crippen LogP contribution in [0.2, 0.25) is 0 Å². The van der Waals surface area contributed by atoms with Gasteiger partial charge in [-0.3, -0.25) is 4.98 Å². The van der Waals surface area contributed by atoms with E-state index in [4.69, 9.17) is 4.98 Å². The first-order valence-corrected chi connectivity index (χ1v) is 15.1. The fraction of sp³-hybridized carbons (Fsp3) is 0. The number of benzene rings is 6. The van der Waals surface area contributed by atoms with Crippen molar-refractivity contribution in [3.05, 3.63) is 128 Å². The van der Waals surface area contributed by atoms with Crippen LogP contribution in [0.5, 0.6) is 0 Å². The van der Waals surface area contributed by atoms with Gasteiger partial charge < -0.3 is 0 Å². The third-order valence-corrected chi connectivity index (χ3v) is 10.5. The molecule has 186 valence electrons. The summed E-state index contributed by atoms with van der Waals surface area (Å²) in [5, 5.41) is 10.4. The molecular weight excluding hydrogens is 523 g/mol. The molecule has 0 aliphatic carbocycles. The molecule has 0 unspecified atom stereocenters. The van der Waals surface area contributed by atoms with Crippen molar-refractivity contribution in [1.29, 1.82) is 0 Å². The van der Waals surface area contributed by atoms with E-state index in [2.05, 4.69) is 115 Å². The van der Waals surface area contributed by atoms with Crippen LogP contribution in [0.1, 0.15) is 0 Å². The van der Waals surface area contributed by atoms with Crippen molar-refractivity contribution in [2.45, 2.75) is 0 Å². The van der Waals surface area contributed by atoms with Crippen LogP contribution in [-0.4, -0.2) is 4.98 Å². The zero-order valence-electron chi connectivity index (χ0n) is 21.4. The highest BCUT2D eigenvalue weighted by Gasteiger charge is 2.14. The number of thiophene rings is 2. The summed E-state index contributed by atoms with van der Waals surface area (Å²) in [5.74, 6) is 0. The zero-order chi connectivity index (χ0) is 26.2. The minimum absolute atomic E-state index is 1.12. The number of rotatable bonds is 2. The lowest BCUT2D eigenvalue weighted by atomic mass is 9.91. The lowest BCUT2D eigenvalue weighted by molar-refractivity contribution is 1.44. The Kier molecular flexibility index (Phi) is 4.71. The molecule has 9 aromatic rings. The fourth-order valence-corrected chi connectivity index (χ4v) is 8.80. The molecule has 3 heteroatoms. The number of hydrogen-bond acceptors (Lipinski definition) is 3. The van der Waals surface area contributed by atoms with Gasteiger partial charge in [0.15, 0.2) is 0 Å². The van der Waals surface area contributed by atoms with Crippen molar-refractivity contribution in [3.8, 4) is 22.3 Å². The van der Waals surface area contributed by atoms with E-state index in [0.717, 1.165) is 5.52 Å². The molecule has 0 bridgehead atoms. The molecule has 0 fully saturated rings. The van der Waals surface area contributed by atoms with Gasteiger partial charge in [0.2, 0.25) is 0 Å². The molecule has 6 aromatic carbocycles. The van der Waals surface area contributed by atoms with Gasteiger partial charge in [-0.05, 0) is 91.0 Å². The van der Waals surface area contributed by atoms with E-state index in [1.807, 2.05) is 34.9 Å². The van der Waals surface area contributed by atoms with E-state index in [0.29, 0.717) is 0 Å². The van der Waals surface area contributed by atoms with Gasteiger partial charge in [-0.25, -0.2) is 0 Å². The third-order valence-electron chi connectivity index (χ3n) is 8.14. The van der Waals surface area contributed by atoms with E-state index in [-0.39, 0.29) is 0 Å². The van der Waals surface area contributed by atoms with Crippen molar-refractivity contribution in [2.24, 2.45) is 0 Å². The molecule has 0 spiro atoms. The van der Waals surface area contributed by atoms with E-state index in [1.54, 1.807) is 0 Å². The highest BCUT2D eigenvalue weighted by atomic mass is 32.2. The Balaban J connectivity index is 1.22. The van der Waals surface area contributed by atoms with Crippen LogP contribution >= 0.6 is 22.7 Å². The van der Waals surface area contributed by atoms with Gasteiger partial charge in [-0.2, -0.15) is 0 Å². The third kappa shape index (κ3) is 3.22. The predicted octanol–water partition coefficient (Wildman–Crippen LogP) is 11.5. The maximum atomic E-state index is 4.73. The summed E-state index contributed by atoms with van der Waals surface area (Å²) in [6.07, 6.45) is 1.90. The zero-order valence-corrected chi connectivity index (χ0v) is 23.0. The van der Waals surface area contributed by atoms with Gasteiger partial charge in [0.05, 0.1) is 14.2 Å². The average molecular weight is 544 g/mol. The van der Waals surface area contributed by atoms with E-state index in [9.17, 15) is 0 Å². The van der Waals surface area contributed by atoms with E-state index >= 15 is 0 Å². The lowest BCUT2D eigenvalue weighted by Crippen LogP contribution is -1.85. The summed E-state index contributed by atoms with van der Waals surface area (Å²) in [7, 11) is 0. The number of hydrogen-bond donors (Lipinski definition) is 0. The van der Waals surface area contributed by atoms with Gasteiger partial charge >= 0.3 is 0 Å². The summed E-state index contributed by atoms with van der Waals surface area (Å²) in [6, 6.07) is 44.6. The minimum atomic E-state index is 1.12. The first-order valence-electron chi connectivity index (χ1n) is 13.5. The molecule has 0 aliphatic rings. The van der Waals surface area contributed by atoms with Crippen molar-refractivity contribution in [3.63, 3.8) is 0 Å². The smallest absolute Gasteiger partial charge is 0.0906 e. The molecule has 40 heavy (non-hydrogen) atoms. The Morgan fingerprint density at radius 1 is 0.400 bits per heavy atom. The number of nitrogens with zero attached hydrogens (tertiary/aromatic N) is 1. The Hall–Kier alpha value is -4.57. The molecule has 0 amide bonds. The lowest BCUT2D eigenvalue weighted by Gasteiger charge is -2.12. The molecule has 0 saturated heterocycles. The molecule has 0 radical (unpaired) electrons. The second-order valence-corrected chi connectivity index (χ2v) is 12.7. The summed E-state index contributed by atoms with van der Waals surface area (Å²) in [5.41, 5.74) is 6.06. The maximum absolute atomic E-state index is 4.73. The van der Waals surface area contributed by atoms with Crippen LogP contribution in [0.3, 0.4) is 0 Å². The summed E-state index contributed by atoms with van der Waals surface area (Å²) in [6.45, 7) is 0. The molecule has 9 rings (SSSR count). The summed E-state index contributed by atoms with van der Waals surface area (Å²) < 4.78 is 3.93. The van der Waals surface area contributed by atoms with Gasteiger partial charge in [-0.15, -0.1) is 22.7 Å². The molecule has 3 heterocycles. The molecule has 0 saturated carbocycles. The average Bonchev–Trinajstić information content (AvgIpc) is 3.57. The molecule has 1 nitrogen and oxygen atoms in total. The Morgan fingerprint density at radius 2 is 0.975 bits per heavy atom. The van der Waals surface area contributed by atoms with E-state index < -0.39 is 0 Å². The van der Waals surface area contributed by atoms with Crippen LogP contribution < -0.4 is 0 Å². The van der Waals surface area contributed by atoms with Gasteiger partial charge in [0.1, 0.15) is 0 Å². The second kappa shape index (κ2) is 8.46. The van der Waals surface area contributed by atoms with Gasteiger partial charge in [0, 0.05) is 21.7 Å². The van der Waals surface area contributed by atoms with Crippen molar-refractivity contribution < 1.29 is 0 Å². The monoisotopic (exact) mass is 543 g/mol. The van der Waals surface area contributed by atoms with Crippen LogP contribution in [0.15, 0.2) is 128 Å². The predicted molar refractivity (Wildman–Crippen MR) is 176 cm³/mol. The molecule has 0 N–H and O–H groups in total. The first kappa shape index (κ1) is 22.3. The largest absolute Gasteiger partial charge is 0.255 e. The van der Waals surface area contributed by atoms with Crippen LogP contribution in [0, 0.1) is 0 Å². The van der Waals surface area contributed by atoms with Crippen LogP contribution in [0.4, 0.5) is 0 Å². The summed E-state index contributed by atoms with van der Waals surface area (Å²) >= 11 is 3.72. The Labute approximate surface area is 238 Å². The van der Waals surface area contributed by atoms with Crippen LogP contribution in [0.25, 0.3) is 84.3 Å². The van der Waals surface area contributed by atoms with Gasteiger partial charge in [-0.1, -0.05) is 84.9 Å². The standard InChI is InChI=1S/C37H21NS2/c1-2-11-28-26(9-1)27-10-3-4-12-29(27)31-20-24(14-16-30(28)31)22-7-5-8-23(19-22)25-15-17-33-32(21-25)35-36-34(13-6-18-38-36)40-37(35)39-33/h1-21H. The fourth-order valence-electron chi connectivity index (χ4n) is 6.28. The molecule has 0 atom stereocenters. The first-order chi connectivity index (χ1) is 19.8. The Morgan fingerprint density at radius 3 is 1.70 bits per heavy atom. The number of aromatic nitrogens is 1. The number of fused-ring (bicyclic) bond motifs is 11. The molecule has 0 aliphatic heterocycles. The van der Waals surface area contributed by atoms with Crippen molar-refractivity contribution in [2.75, 3.05) is 0 Å². The Bertz CT molecular complexity index is 2410. The van der Waals surface area contributed by atoms with Gasteiger partial charge in [0.25, 0.3) is 0 Å². The maximum Gasteiger partial charge on any atom is 0.0906 e. The highest BCUT2D eigenvalue weighted by Crippen LogP contribution is 2.44. The van der Waals surface area contributed by atoms with Crippen LogP contribution in [-0.2, 0) is 0 Å². The van der Waals surface area contributed by atoms with Crippen molar-refractivity contribution >= 4 is 84.7 Å². The quantitative estimate of drug-likeness (QED) is 0.198. The molecule has 3 aromatic heterocycles. The van der Waals surface area contributed by atoms with Crippen molar-refractivity contribution in [1.82, 2.24) is 4.98 Å².